The van der Waals surface area contributed by atoms with Crippen LogP contribution >= 0.6 is 11.6 Å². The average molecular weight is 533 g/mol. The predicted molar refractivity (Wildman–Crippen MR) is 134 cm³/mol. The van der Waals surface area contributed by atoms with Crippen LogP contribution < -0.4 is 4.72 Å². The van der Waals surface area contributed by atoms with Gasteiger partial charge in [-0.05, 0) is 60.0 Å². The van der Waals surface area contributed by atoms with Gasteiger partial charge < -0.3 is 4.98 Å². The quantitative estimate of drug-likeness (QED) is 0.299. The SMILES string of the molecule is Cc1[nH]c2ccc(C(=O)NS(=O)(=O)/C=C/c3ccccc3)cc2c1Cc1ccc(C(F)(F)F)cc1Cl. The largest absolute Gasteiger partial charge is 0.416 e. The average Bonchev–Trinajstić information content (AvgIpc) is 3.13. The van der Waals surface area contributed by atoms with Crippen LogP contribution in [0.1, 0.15) is 38.3 Å². The van der Waals surface area contributed by atoms with Crippen molar-refractivity contribution in [3.8, 4) is 0 Å². The van der Waals surface area contributed by atoms with E-state index in [1.165, 1.54) is 24.3 Å². The molecule has 5 nitrogen and oxygen atoms in total. The van der Waals surface area contributed by atoms with E-state index >= 15 is 0 Å². The summed E-state index contributed by atoms with van der Waals surface area (Å²) in [6, 6.07) is 16.6. The second kappa shape index (κ2) is 9.83. The van der Waals surface area contributed by atoms with Gasteiger partial charge in [-0.25, -0.2) is 13.1 Å². The molecule has 1 heterocycles. The van der Waals surface area contributed by atoms with Crippen LogP contribution in [0.15, 0.2) is 72.1 Å². The zero-order valence-electron chi connectivity index (χ0n) is 18.9. The van der Waals surface area contributed by atoms with Gasteiger partial charge >= 0.3 is 6.18 Å². The maximum Gasteiger partial charge on any atom is 0.416 e. The summed E-state index contributed by atoms with van der Waals surface area (Å²) in [5.74, 6) is -0.813. The number of halogens is 4. The minimum atomic E-state index is -4.50. The number of carbonyl (C=O) groups excluding carboxylic acids is 1. The Kier molecular flexibility index (Phi) is 6.97. The molecule has 10 heteroatoms. The van der Waals surface area contributed by atoms with Crippen LogP contribution in [0.4, 0.5) is 13.2 Å². The van der Waals surface area contributed by atoms with Gasteiger partial charge in [0, 0.05) is 33.6 Å². The number of rotatable bonds is 6. The van der Waals surface area contributed by atoms with E-state index in [2.05, 4.69) is 4.98 Å². The number of nitrogens with one attached hydrogen (secondary N) is 2. The molecule has 0 unspecified atom stereocenters. The van der Waals surface area contributed by atoms with E-state index in [0.29, 0.717) is 22.0 Å². The number of aromatic amines is 1. The van der Waals surface area contributed by atoms with E-state index in [1.807, 2.05) is 4.72 Å². The number of hydrogen-bond donors (Lipinski definition) is 2. The molecule has 186 valence electrons. The first-order chi connectivity index (χ1) is 16.9. The number of aryl methyl sites for hydroxylation is 1. The molecule has 0 aliphatic rings. The van der Waals surface area contributed by atoms with Crippen LogP contribution in [0, 0.1) is 6.92 Å². The summed E-state index contributed by atoms with van der Waals surface area (Å²) in [6.45, 7) is 1.80. The number of H-pyrrole nitrogens is 1. The lowest BCUT2D eigenvalue weighted by molar-refractivity contribution is -0.137. The Morgan fingerprint density at radius 2 is 1.78 bits per heavy atom. The first kappa shape index (κ1) is 25.5. The lowest BCUT2D eigenvalue weighted by Gasteiger charge is -2.10. The molecule has 2 N–H and O–H groups in total. The maximum atomic E-state index is 13.0. The Hall–Kier alpha value is -3.56. The summed E-state index contributed by atoms with van der Waals surface area (Å²) in [7, 11) is -4.05. The molecule has 0 radical (unpaired) electrons. The van der Waals surface area contributed by atoms with Crippen molar-refractivity contribution < 1.29 is 26.4 Å². The molecule has 0 spiro atoms. The summed E-state index contributed by atoms with van der Waals surface area (Å²) in [5, 5.41) is 1.52. The molecule has 0 atom stereocenters. The fraction of sp³-hybridized carbons (Fsp3) is 0.115. The summed E-state index contributed by atoms with van der Waals surface area (Å²) >= 11 is 6.14. The van der Waals surface area contributed by atoms with Crippen LogP contribution in [0.25, 0.3) is 17.0 Å². The Balaban J connectivity index is 1.59. The number of carbonyl (C=O) groups is 1. The number of sulfonamides is 1. The Morgan fingerprint density at radius 3 is 2.44 bits per heavy atom. The Morgan fingerprint density at radius 1 is 1.06 bits per heavy atom. The molecule has 3 aromatic carbocycles. The molecule has 0 aliphatic heterocycles. The second-order valence-electron chi connectivity index (χ2n) is 8.16. The highest BCUT2D eigenvalue weighted by Crippen LogP contribution is 2.34. The van der Waals surface area contributed by atoms with E-state index in [-0.39, 0.29) is 17.0 Å². The molecular formula is C26H20ClF3N2O3S. The summed E-state index contributed by atoms with van der Waals surface area (Å²) < 4.78 is 65.7. The van der Waals surface area contributed by atoms with Crippen LogP contribution in [0.3, 0.4) is 0 Å². The standard InChI is InChI=1S/C26H20ClF3N2O3S/c1-16-21(13-18-7-9-20(15-23(18)27)26(28,29)30)22-14-19(8-10-24(22)31-16)25(33)32-36(34,35)12-11-17-5-3-2-4-6-17/h2-12,14-15,31H,13H2,1H3,(H,32,33)/b12-11+. The lowest BCUT2D eigenvalue weighted by atomic mass is 9.99. The van der Waals surface area contributed by atoms with Crippen molar-refractivity contribution in [3.05, 3.63) is 111 Å². The number of alkyl halides is 3. The number of fused-ring (bicyclic) bond motifs is 1. The van der Waals surface area contributed by atoms with Gasteiger partial charge in [-0.1, -0.05) is 48.0 Å². The fourth-order valence-electron chi connectivity index (χ4n) is 3.76. The molecule has 4 rings (SSSR count). The third-order valence-electron chi connectivity index (χ3n) is 5.60. The van der Waals surface area contributed by atoms with Gasteiger partial charge in [-0.3, -0.25) is 4.79 Å². The van der Waals surface area contributed by atoms with Gasteiger partial charge in [0.25, 0.3) is 15.9 Å². The minimum Gasteiger partial charge on any atom is -0.358 e. The second-order valence-corrected chi connectivity index (χ2v) is 10.1. The normalized spacial score (nSPS) is 12.4. The highest BCUT2D eigenvalue weighted by atomic mass is 35.5. The maximum absolute atomic E-state index is 13.0. The van der Waals surface area contributed by atoms with E-state index in [4.69, 9.17) is 11.6 Å². The molecule has 0 saturated carbocycles. The molecule has 0 fully saturated rings. The van der Waals surface area contributed by atoms with Crippen LogP contribution in [0.2, 0.25) is 5.02 Å². The Bertz CT molecular complexity index is 1580. The minimum absolute atomic E-state index is 0.0243. The third kappa shape index (κ3) is 5.80. The van der Waals surface area contributed by atoms with Gasteiger partial charge in [0.2, 0.25) is 0 Å². The monoisotopic (exact) mass is 532 g/mol. The molecule has 4 aromatic rings. The number of amides is 1. The van der Waals surface area contributed by atoms with Crippen LogP contribution in [-0.4, -0.2) is 19.3 Å². The summed E-state index contributed by atoms with van der Waals surface area (Å²) in [5.41, 5.74) is 2.58. The van der Waals surface area contributed by atoms with Gasteiger partial charge in [0.15, 0.2) is 0 Å². The van der Waals surface area contributed by atoms with E-state index in [0.717, 1.165) is 28.8 Å². The highest BCUT2D eigenvalue weighted by Gasteiger charge is 2.31. The molecule has 36 heavy (non-hydrogen) atoms. The molecule has 0 aliphatic carbocycles. The number of benzene rings is 3. The number of aromatic nitrogens is 1. The third-order valence-corrected chi connectivity index (χ3v) is 6.92. The van der Waals surface area contributed by atoms with Crippen molar-refractivity contribution in [2.75, 3.05) is 0 Å². The zero-order valence-corrected chi connectivity index (χ0v) is 20.4. The molecule has 1 aromatic heterocycles. The first-order valence-electron chi connectivity index (χ1n) is 10.7. The predicted octanol–water partition coefficient (Wildman–Crippen LogP) is 6.47. The topological polar surface area (TPSA) is 79.0 Å². The van der Waals surface area contributed by atoms with Crippen molar-refractivity contribution in [2.24, 2.45) is 0 Å². The van der Waals surface area contributed by atoms with Crippen LogP contribution in [-0.2, 0) is 22.6 Å². The molecular weight excluding hydrogens is 513 g/mol. The number of hydrogen-bond acceptors (Lipinski definition) is 3. The first-order valence-corrected chi connectivity index (χ1v) is 12.6. The summed E-state index contributed by atoms with van der Waals surface area (Å²) in [6.07, 6.45) is -2.91. The smallest absolute Gasteiger partial charge is 0.358 e. The van der Waals surface area contributed by atoms with Crippen molar-refractivity contribution >= 4 is 44.5 Å². The lowest BCUT2D eigenvalue weighted by Crippen LogP contribution is -2.28. The Labute approximate surface area is 210 Å². The van der Waals surface area contributed by atoms with E-state index in [9.17, 15) is 26.4 Å². The van der Waals surface area contributed by atoms with Crippen molar-refractivity contribution in [2.45, 2.75) is 19.5 Å². The van der Waals surface area contributed by atoms with Crippen LogP contribution in [0.5, 0.6) is 0 Å². The van der Waals surface area contributed by atoms with Gasteiger partial charge in [0.05, 0.1) is 11.0 Å². The highest BCUT2D eigenvalue weighted by molar-refractivity contribution is 7.93. The fourth-order valence-corrected chi connectivity index (χ4v) is 4.79. The van der Waals surface area contributed by atoms with Gasteiger partial charge in [0.1, 0.15) is 0 Å². The van der Waals surface area contributed by atoms with Crippen molar-refractivity contribution in [1.82, 2.24) is 9.71 Å². The van der Waals surface area contributed by atoms with Crippen molar-refractivity contribution in [1.29, 1.82) is 0 Å². The zero-order chi connectivity index (χ0) is 26.1. The van der Waals surface area contributed by atoms with Crippen molar-refractivity contribution in [3.63, 3.8) is 0 Å². The summed E-state index contributed by atoms with van der Waals surface area (Å²) in [4.78, 5) is 15.9. The van der Waals surface area contributed by atoms with E-state index < -0.39 is 27.7 Å². The molecule has 0 bridgehead atoms. The molecule has 0 saturated heterocycles. The van der Waals surface area contributed by atoms with Gasteiger partial charge in [-0.2, -0.15) is 13.2 Å². The van der Waals surface area contributed by atoms with E-state index in [1.54, 1.807) is 43.3 Å². The van der Waals surface area contributed by atoms with Gasteiger partial charge in [-0.15, -0.1) is 0 Å². The molecule has 1 amide bonds.